The zero-order chi connectivity index (χ0) is 14.8. The van der Waals surface area contributed by atoms with Crippen molar-refractivity contribution in [3.05, 3.63) is 36.5 Å². The molecule has 0 aliphatic rings. The van der Waals surface area contributed by atoms with Crippen LogP contribution < -0.4 is 10.1 Å². The first-order valence-corrected chi connectivity index (χ1v) is 6.03. The highest BCUT2D eigenvalue weighted by Gasteiger charge is 2.11. The van der Waals surface area contributed by atoms with Crippen molar-refractivity contribution in [1.29, 1.82) is 0 Å². The third-order valence-electron chi connectivity index (χ3n) is 2.85. The van der Waals surface area contributed by atoms with Gasteiger partial charge < -0.3 is 9.84 Å². The lowest BCUT2D eigenvalue weighted by Gasteiger charge is -2.04. The summed E-state index contributed by atoms with van der Waals surface area (Å²) in [5, 5.41) is 14.9. The van der Waals surface area contributed by atoms with E-state index in [2.05, 4.69) is 20.4 Å². The van der Waals surface area contributed by atoms with Crippen LogP contribution in [0.2, 0.25) is 0 Å². The van der Waals surface area contributed by atoms with Crippen LogP contribution in [0.5, 0.6) is 5.75 Å². The molecule has 21 heavy (non-hydrogen) atoms. The minimum Gasteiger partial charge on any atom is -0.497 e. The largest absolute Gasteiger partial charge is 0.497 e. The van der Waals surface area contributed by atoms with Gasteiger partial charge in [0.25, 0.3) is 11.7 Å². The number of carboxylic acid groups (broad SMARTS) is 1. The summed E-state index contributed by atoms with van der Waals surface area (Å²) < 4.78 is 6.60. The minimum atomic E-state index is -1.23. The van der Waals surface area contributed by atoms with E-state index in [9.17, 15) is 4.79 Å². The van der Waals surface area contributed by atoms with Crippen molar-refractivity contribution < 1.29 is 14.6 Å². The lowest BCUT2D eigenvalue weighted by molar-refractivity contribution is 0.209. The molecule has 2 heterocycles. The SMILES string of the molecule is COc1ccc(-c2ccnc3nc(NC(=O)O)nn23)cc1. The third-order valence-corrected chi connectivity index (χ3v) is 2.85. The quantitative estimate of drug-likeness (QED) is 0.762. The summed E-state index contributed by atoms with van der Waals surface area (Å²) in [6, 6.07) is 9.18. The molecule has 0 aliphatic heterocycles. The van der Waals surface area contributed by atoms with Gasteiger partial charge in [0.15, 0.2) is 0 Å². The topological polar surface area (TPSA) is 102 Å². The standard InChI is InChI=1S/C13H11N5O3/c1-21-9-4-2-8(3-5-9)10-6-7-14-12-15-11(16-13(19)20)17-18(10)12/h2-7H,1H3,(H,16,17)(H,19,20). The number of anilines is 1. The number of hydrogen-bond acceptors (Lipinski definition) is 5. The first kappa shape index (κ1) is 12.9. The van der Waals surface area contributed by atoms with Gasteiger partial charge in [-0.2, -0.15) is 9.50 Å². The van der Waals surface area contributed by atoms with Crippen LogP contribution in [0.1, 0.15) is 0 Å². The number of nitrogens with one attached hydrogen (secondary N) is 1. The number of carbonyl (C=O) groups is 1. The molecule has 2 aromatic heterocycles. The zero-order valence-electron chi connectivity index (χ0n) is 11.0. The molecule has 0 atom stereocenters. The smallest absolute Gasteiger partial charge is 0.411 e. The van der Waals surface area contributed by atoms with Crippen LogP contribution in [-0.2, 0) is 0 Å². The molecule has 0 unspecified atom stereocenters. The van der Waals surface area contributed by atoms with Crippen molar-refractivity contribution >= 4 is 17.8 Å². The molecule has 0 spiro atoms. The van der Waals surface area contributed by atoms with Crippen molar-refractivity contribution in [2.75, 3.05) is 12.4 Å². The Morgan fingerprint density at radius 1 is 1.29 bits per heavy atom. The molecule has 3 rings (SSSR count). The van der Waals surface area contributed by atoms with E-state index in [1.165, 1.54) is 4.52 Å². The Labute approximate surface area is 119 Å². The molecule has 0 aliphatic carbocycles. The molecule has 0 saturated heterocycles. The number of rotatable bonds is 3. The van der Waals surface area contributed by atoms with Gasteiger partial charge in [0, 0.05) is 11.8 Å². The Morgan fingerprint density at radius 3 is 2.71 bits per heavy atom. The fourth-order valence-electron chi connectivity index (χ4n) is 1.92. The average molecular weight is 285 g/mol. The highest BCUT2D eigenvalue weighted by molar-refractivity contribution is 5.80. The van der Waals surface area contributed by atoms with E-state index < -0.39 is 6.09 Å². The number of amides is 1. The second-order valence-electron chi connectivity index (χ2n) is 4.14. The molecule has 0 bridgehead atoms. The number of benzene rings is 1. The van der Waals surface area contributed by atoms with E-state index in [0.717, 1.165) is 17.0 Å². The number of ether oxygens (including phenoxy) is 1. The lowest BCUT2D eigenvalue weighted by atomic mass is 10.1. The van der Waals surface area contributed by atoms with Crippen LogP contribution in [0.15, 0.2) is 36.5 Å². The predicted molar refractivity (Wildman–Crippen MR) is 74.4 cm³/mol. The second-order valence-corrected chi connectivity index (χ2v) is 4.14. The average Bonchev–Trinajstić information content (AvgIpc) is 2.88. The van der Waals surface area contributed by atoms with Crippen LogP contribution in [-0.4, -0.2) is 37.9 Å². The molecule has 106 valence electrons. The van der Waals surface area contributed by atoms with Crippen molar-refractivity contribution in [3.63, 3.8) is 0 Å². The molecular formula is C13H11N5O3. The number of fused-ring (bicyclic) bond motifs is 1. The van der Waals surface area contributed by atoms with Crippen molar-refractivity contribution in [1.82, 2.24) is 19.6 Å². The first-order chi connectivity index (χ1) is 10.2. The first-order valence-electron chi connectivity index (χ1n) is 6.03. The second kappa shape index (κ2) is 5.08. The van der Waals surface area contributed by atoms with Crippen LogP contribution in [0, 0.1) is 0 Å². The summed E-state index contributed by atoms with van der Waals surface area (Å²) in [6.07, 6.45) is 0.366. The number of methoxy groups -OCH3 is 1. The van der Waals surface area contributed by atoms with Crippen molar-refractivity contribution in [2.24, 2.45) is 0 Å². The van der Waals surface area contributed by atoms with Crippen LogP contribution in [0.25, 0.3) is 17.0 Å². The van der Waals surface area contributed by atoms with Crippen LogP contribution in [0.3, 0.4) is 0 Å². The van der Waals surface area contributed by atoms with Gasteiger partial charge >= 0.3 is 6.09 Å². The molecule has 0 radical (unpaired) electrons. The number of nitrogens with zero attached hydrogens (tertiary/aromatic N) is 4. The van der Waals surface area contributed by atoms with Gasteiger partial charge in [-0.15, -0.1) is 5.10 Å². The van der Waals surface area contributed by atoms with Gasteiger partial charge in [0.1, 0.15) is 5.75 Å². The lowest BCUT2D eigenvalue weighted by Crippen LogP contribution is -2.08. The van der Waals surface area contributed by atoms with Gasteiger partial charge in [-0.3, -0.25) is 5.32 Å². The fraction of sp³-hybridized carbons (Fsp3) is 0.0769. The Balaban J connectivity index is 2.08. The maximum Gasteiger partial charge on any atom is 0.411 e. The van der Waals surface area contributed by atoms with Gasteiger partial charge in [-0.25, -0.2) is 9.78 Å². The molecule has 0 fully saturated rings. The highest BCUT2D eigenvalue weighted by Crippen LogP contribution is 2.22. The maximum absolute atomic E-state index is 10.6. The molecule has 1 amide bonds. The monoisotopic (exact) mass is 285 g/mol. The minimum absolute atomic E-state index is 0.0176. The molecule has 8 nitrogen and oxygen atoms in total. The van der Waals surface area contributed by atoms with E-state index in [1.54, 1.807) is 19.4 Å². The molecule has 8 heteroatoms. The van der Waals surface area contributed by atoms with Gasteiger partial charge in [0.05, 0.1) is 12.8 Å². The maximum atomic E-state index is 10.6. The Hall–Kier alpha value is -3.16. The summed E-state index contributed by atoms with van der Waals surface area (Å²) >= 11 is 0. The van der Waals surface area contributed by atoms with E-state index in [4.69, 9.17) is 9.84 Å². The summed E-state index contributed by atoms with van der Waals surface area (Å²) in [7, 11) is 1.60. The summed E-state index contributed by atoms with van der Waals surface area (Å²) in [5.74, 6) is 1.04. The van der Waals surface area contributed by atoms with E-state index >= 15 is 0 Å². The number of aromatic nitrogens is 4. The Morgan fingerprint density at radius 2 is 2.05 bits per heavy atom. The van der Waals surface area contributed by atoms with E-state index in [0.29, 0.717) is 5.78 Å². The Bertz CT molecular complexity index is 797. The van der Waals surface area contributed by atoms with Gasteiger partial charge in [-0.1, -0.05) is 0 Å². The number of hydrogen-bond donors (Lipinski definition) is 2. The van der Waals surface area contributed by atoms with Crippen molar-refractivity contribution in [2.45, 2.75) is 0 Å². The zero-order valence-corrected chi connectivity index (χ0v) is 11.0. The molecular weight excluding hydrogens is 274 g/mol. The Kier molecular flexibility index (Phi) is 3.11. The van der Waals surface area contributed by atoms with Gasteiger partial charge in [-0.05, 0) is 30.3 Å². The third kappa shape index (κ3) is 2.46. The normalized spacial score (nSPS) is 10.5. The molecule has 3 aromatic rings. The predicted octanol–water partition coefficient (Wildman–Crippen LogP) is 1.89. The summed E-state index contributed by atoms with van der Waals surface area (Å²) in [4.78, 5) is 18.7. The van der Waals surface area contributed by atoms with Crippen LogP contribution in [0.4, 0.5) is 10.7 Å². The molecule has 1 aromatic carbocycles. The molecule has 0 saturated carbocycles. The van der Waals surface area contributed by atoms with E-state index in [-0.39, 0.29) is 5.95 Å². The fourth-order valence-corrected chi connectivity index (χ4v) is 1.92. The van der Waals surface area contributed by atoms with Gasteiger partial charge in [0.2, 0.25) is 0 Å². The van der Waals surface area contributed by atoms with E-state index in [1.807, 2.05) is 24.3 Å². The summed E-state index contributed by atoms with van der Waals surface area (Å²) in [5.41, 5.74) is 1.63. The molecule has 2 N–H and O–H groups in total. The summed E-state index contributed by atoms with van der Waals surface area (Å²) in [6.45, 7) is 0. The highest BCUT2D eigenvalue weighted by atomic mass is 16.5. The van der Waals surface area contributed by atoms with Crippen molar-refractivity contribution in [3.8, 4) is 17.0 Å². The van der Waals surface area contributed by atoms with Crippen LogP contribution >= 0.6 is 0 Å².